The first kappa shape index (κ1) is 12.8. The molecule has 0 unspecified atom stereocenters. The number of nitrogens with two attached hydrogens (primary N) is 1. The first-order chi connectivity index (χ1) is 9.69. The lowest BCUT2D eigenvalue weighted by molar-refractivity contribution is 0.444. The van der Waals surface area contributed by atoms with Crippen LogP contribution >= 0.6 is 11.6 Å². The zero-order valence-electron chi connectivity index (χ0n) is 10.8. The molecule has 3 N–H and O–H groups in total. The maximum absolute atomic E-state index is 9.27. The lowest BCUT2D eigenvalue weighted by atomic mass is 9.93. The third-order valence-electron chi connectivity index (χ3n) is 3.53. The highest BCUT2D eigenvalue weighted by Gasteiger charge is 2.22. The van der Waals surface area contributed by atoms with Crippen LogP contribution in [0.5, 0.6) is 0 Å². The average Bonchev–Trinajstić information content (AvgIpc) is 2.70. The number of nitrogens with one attached hydrogen (secondary N) is 1. The molecule has 0 saturated heterocycles. The van der Waals surface area contributed by atoms with Crippen molar-refractivity contribution in [2.45, 2.75) is 25.3 Å². The number of nitrogens with zero attached hydrogens (tertiary/aromatic N) is 3. The van der Waals surface area contributed by atoms with Crippen molar-refractivity contribution in [2.24, 2.45) is 0 Å². The normalized spacial score (nSPS) is 14.6. The summed E-state index contributed by atoms with van der Waals surface area (Å²) in [7, 11) is 0. The van der Waals surface area contributed by atoms with Crippen LogP contribution in [0.1, 0.15) is 24.8 Å². The third kappa shape index (κ3) is 2.19. The average molecular weight is 288 g/mol. The van der Waals surface area contributed by atoms with E-state index in [-0.39, 0.29) is 0 Å². The van der Waals surface area contributed by atoms with E-state index in [0.717, 1.165) is 18.5 Å². The molecule has 0 aliphatic heterocycles. The van der Waals surface area contributed by atoms with Crippen LogP contribution in [0.15, 0.2) is 24.3 Å². The lowest BCUT2D eigenvalue weighted by Gasteiger charge is -2.26. The molecule has 6 heteroatoms. The molecule has 0 amide bonds. The van der Waals surface area contributed by atoms with Crippen molar-refractivity contribution in [3.63, 3.8) is 0 Å². The lowest BCUT2D eigenvalue weighted by Crippen LogP contribution is -2.27. The minimum absolute atomic E-state index is 0.330. The van der Waals surface area contributed by atoms with Crippen LogP contribution in [0.3, 0.4) is 0 Å². The van der Waals surface area contributed by atoms with E-state index in [0.29, 0.717) is 28.3 Å². The van der Waals surface area contributed by atoms with Crippen LogP contribution in [-0.4, -0.2) is 15.8 Å². The SMILES string of the molecule is N#Cc1c(NC2CCC2)nn(-c2cccc(Cl)c2)c1N. The molecule has 2 aromatic rings. The summed E-state index contributed by atoms with van der Waals surface area (Å²) in [6.45, 7) is 0. The van der Waals surface area contributed by atoms with Crippen LogP contribution in [0.25, 0.3) is 5.69 Å². The van der Waals surface area contributed by atoms with Gasteiger partial charge in [0.15, 0.2) is 5.82 Å². The van der Waals surface area contributed by atoms with Gasteiger partial charge in [0.1, 0.15) is 17.5 Å². The van der Waals surface area contributed by atoms with Crippen molar-refractivity contribution in [2.75, 3.05) is 11.1 Å². The second kappa shape index (κ2) is 5.06. The van der Waals surface area contributed by atoms with Crippen molar-refractivity contribution >= 4 is 23.2 Å². The predicted octanol–water partition coefficient (Wildman–Crippen LogP) is 2.94. The van der Waals surface area contributed by atoms with E-state index in [1.54, 1.807) is 16.8 Å². The summed E-state index contributed by atoms with van der Waals surface area (Å²) in [6.07, 6.45) is 3.42. The number of nitriles is 1. The van der Waals surface area contributed by atoms with E-state index >= 15 is 0 Å². The fourth-order valence-electron chi connectivity index (χ4n) is 2.19. The Bertz CT molecular complexity index is 681. The van der Waals surface area contributed by atoms with Gasteiger partial charge < -0.3 is 11.1 Å². The summed E-state index contributed by atoms with van der Waals surface area (Å²) in [5, 5.41) is 17.6. The first-order valence-electron chi connectivity index (χ1n) is 6.50. The molecular formula is C14H14ClN5. The van der Waals surface area contributed by atoms with Gasteiger partial charge in [0.25, 0.3) is 0 Å². The number of hydrogen-bond acceptors (Lipinski definition) is 4. The molecule has 1 heterocycles. The largest absolute Gasteiger partial charge is 0.382 e. The van der Waals surface area contributed by atoms with Gasteiger partial charge in [0, 0.05) is 11.1 Å². The Morgan fingerprint density at radius 3 is 2.85 bits per heavy atom. The number of aromatic nitrogens is 2. The maximum Gasteiger partial charge on any atom is 0.168 e. The van der Waals surface area contributed by atoms with Gasteiger partial charge >= 0.3 is 0 Å². The molecule has 1 aromatic carbocycles. The van der Waals surface area contributed by atoms with Crippen LogP contribution in [0, 0.1) is 11.3 Å². The topological polar surface area (TPSA) is 79.7 Å². The molecule has 5 nitrogen and oxygen atoms in total. The summed E-state index contributed by atoms with van der Waals surface area (Å²) in [6, 6.07) is 9.73. The highest BCUT2D eigenvalue weighted by molar-refractivity contribution is 6.30. The molecule has 0 spiro atoms. The van der Waals surface area contributed by atoms with Gasteiger partial charge in [0.2, 0.25) is 0 Å². The zero-order valence-corrected chi connectivity index (χ0v) is 11.6. The Morgan fingerprint density at radius 2 is 2.25 bits per heavy atom. The van der Waals surface area contributed by atoms with Gasteiger partial charge in [-0.2, -0.15) is 5.26 Å². The summed E-state index contributed by atoms with van der Waals surface area (Å²) in [5.74, 6) is 0.881. The minimum Gasteiger partial charge on any atom is -0.382 e. The molecule has 102 valence electrons. The molecule has 1 fully saturated rings. The Morgan fingerprint density at radius 1 is 1.45 bits per heavy atom. The fraction of sp³-hybridized carbons (Fsp3) is 0.286. The first-order valence-corrected chi connectivity index (χ1v) is 6.88. The maximum atomic E-state index is 9.27. The van der Waals surface area contributed by atoms with Crippen molar-refractivity contribution in [1.29, 1.82) is 5.26 Å². The Hall–Kier alpha value is -2.19. The molecule has 20 heavy (non-hydrogen) atoms. The summed E-state index contributed by atoms with van der Waals surface area (Å²) in [5.41, 5.74) is 7.16. The van der Waals surface area contributed by atoms with Gasteiger partial charge in [-0.1, -0.05) is 17.7 Å². The number of anilines is 2. The van der Waals surface area contributed by atoms with Crippen molar-refractivity contribution < 1.29 is 0 Å². The smallest absolute Gasteiger partial charge is 0.168 e. The second-order valence-electron chi connectivity index (χ2n) is 4.88. The van der Waals surface area contributed by atoms with E-state index in [4.69, 9.17) is 17.3 Å². The third-order valence-corrected chi connectivity index (χ3v) is 3.77. The van der Waals surface area contributed by atoms with E-state index in [2.05, 4.69) is 16.5 Å². The highest BCUT2D eigenvalue weighted by Crippen LogP contribution is 2.29. The van der Waals surface area contributed by atoms with E-state index < -0.39 is 0 Å². The number of rotatable bonds is 3. The van der Waals surface area contributed by atoms with Crippen LogP contribution in [0.2, 0.25) is 5.02 Å². The van der Waals surface area contributed by atoms with Gasteiger partial charge in [-0.3, -0.25) is 0 Å². The van der Waals surface area contributed by atoms with Crippen molar-refractivity contribution in [3.05, 3.63) is 34.9 Å². The molecule has 0 bridgehead atoms. The molecule has 1 aliphatic carbocycles. The molecular weight excluding hydrogens is 274 g/mol. The molecule has 1 aliphatic rings. The summed E-state index contributed by atoms with van der Waals surface area (Å²) in [4.78, 5) is 0. The Labute approximate surface area is 122 Å². The molecule has 3 rings (SSSR count). The fourth-order valence-corrected chi connectivity index (χ4v) is 2.38. The highest BCUT2D eigenvalue weighted by atomic mass is 35.5. The summed E-state index contributed by atoms with van der Waals surface area (Å²) >= 11 is 5.98. The molecule has 0 atom stereocenters. The monoisotopic (exact) mass is 287 g/mol. The van der Waals surface area contributed by atoms with Crippen LogP contribution < -0.4 is 11.1 Å². The van der Waals surface area contributed by atoms with Gasteiger partial charge in [-0.25, -0.2) is 4.68 Å². The summed E-state index contributed by atoms with van der Waals surface area (Å²) < 4.78 is 1.55. The standard InChI is InChI=1S/C14H14ClN5/c15-9-3-1-6-11(7-9)20-13(17)12(8-16)14(19-20)18-10-4-2-5-10/h1,3,6-7,10H,2,4-5,17H2,(H,18,19). The number of nitrogen functional groups attached to an aromatic ring is 1. The number of hydrogen-bond donors (Lipinski definition) is 2. The zero-order chi connectivity index (χ0) is 14.1. The van der Waals surface area contributed by atoms with Crippen molar-refractivity contribution in [3.8, 4) is 11.8 Å². The molecule has 1 saturated carbocycles. The molecule has 1 aromatic heterocycles. The van der Waals surface area contributed by atoms with Crippen molar-refractivity contribution in [1.82, 2.24) is 9.78 Å². The van der Waals surface area contributed by atoms with Crippen LogP contribution in [0.4, 0.5) is 11.6 Å². The molecule has 0 radical (unpaired) electrons. The predicted molar refractivity (Wildman–Crippen MR) is 79.0 cm³/mol. The number of halogens is 1. The van der Waals surface area contributed by atoms with E-state index in [1.807, 2.05) is 12.1 Å². The van der Waals surface area contributed by atoms with Gasteiger partial charge in [-0.15, -0.1) is 5.10 Å². The Kier molecular flexibility index (Phi) is 3.25. The Balaban J connectivity index is 2.01. The van der Waals surface area contributed by atoms with E-state index in [9.17, 15) is 5.26 Å². The van der Waals surface area contributed by atoms with Gasteiger partial charge in [-0.05, 0) is 37.5 Å². The minimum atomic E-state index is 0.330. The van der Waals surface area contributed by atoms with Gasteiger partial charge in [0.05, 0.1) is 5.69 Å². The van der Waals surface area contributed by atoms with Crippen LogP contribution in [-0.2, 0) is 0 Å². The second-order valence-corrected chi connectivity index (χ2v) is 5.32. The number of benzene rings is 1. The quantitative estimate of drug-likeness (QED) is 0.909. The van der Waals surface area contributed by atoms with E-state index in [1.165, 1.54) is 6.42 Å².